The molecule has 0 aliphatic rings. The molecule has 0 aliphatic carbocycles. The predicted octanol–water partition coefficient (Wildman–Crippen LogP) is 4.88. The van der Waals surface area contributed by atoms with E-state index in [1.165, 1.54) is 30.5 Å². The van der Waals surface area contributed by atoms with E-state index in [1.54, 1.807) is 6.20 Å². The van der Waals surface area contributed by atoms with Gasteiger partial charge in [0, 0.05) is 41.6 Å². The number of nitrogens with zero attached hydrogens (tertiary/aromatic N) is 1. The van der Waals surface area contributed by atoms with Gasteiger partial charge in [0.25, 0.3) is 0 Å². The molecule has 0 spiro atoms. The molecular weight excluding hydrogens is 494 g/mol. The summed E-state index contributed by atoms with van der Waals surface area (Å²) in [7, 11) is -6.48. The Hall–Kier alpha value is -3.36. The molecule has 0 saturated carbocycles. The fourth-order valence-electron chi connectivity index (χ4n) is 4.29. The van der Waals surface area contributed by atoms with Crippen LogP contribution in [0.5, 0.6) is 0 Å². The molecule has 0 aliphatic heterocycles. The van der Waals surface area contributed by atoms with Gasteiger partial charge in [-0.25, -0.2) is 16.8 Å². The largest absolute Gasteiger partial charge is 0.294 e. The van der Waals surface area contributed by atoms with Crippen LogP contribution in [0.4, 0.5) is 0 Å². The van der Waals surface area contributed by atoms with Crippen LogP contribution in [0, 0.1) is 0 Å². The molecule has 1 aromatic heterocycles. The van der Waals surface area contributed by atoms with Gasteiger partial charge in [-0.3, -0.25) is 9.78 Å². The minimum atomic E-state index is -3.33. The van der Waals surface area contributed by atoms with Crippen molar-refractivity contribution >= 4 is 36.4 Å². The summed E-state index contributed by atoms with van der Waals surface area (Å²) in [5, 5.41) is 0.915. The number of aromatic nitrogens is 1. The minimum absolute atomic E-state index is 0.0465. The topological polar surface area (TPSA) is 98.2 Å². The monoisotopic (exact) mass is 521 g/mol. The van der Waals surface area contributed by atoms with Crippen LogP contribution in [0.2, 0.25) is 0 Å². The number of ketones is 1. The molecule has 0 radical (unpaired) electrons. The molecule has 1 atom stereocenters. The van der Waals surface area contributed by atoms with Gasteiger partial charge < -0.3 is 0 Å². The number of hydrogen-bond donors (Lipinski definition) is 0. The number of Topliss-reactive ketones (excluding diaryl/α,β-unsaturated/α-hetero) is 1. The maximum atomic E-state index is 12.9. The van der Waals surface area contributed by atoms with Crippen molar-refractivity contribution < 1.29 is 21.6 Å². The van der Waals surface area contributed by atoms with Crippen molar-refractivity contribution in [1.29, 1.82) is 0 Å². The zero-order valence-corrected chi connectivity index (χ0v) is 21.9. The Balaban J connectivity index is 1.68. The molecule has 6 nitrogen and oxygen atoms in total. The summed E-state index contributed by atoms with van der Waals surface area (Å²) in [6.45, 7) is 1.90. The second-order valence-corrected chi connectivity index (χ2v) is 13.4. The van der Waals surface area contributed by atoms with Crippen LogP contribution >= 0.6 is 0 Å². The molecular formula is C28H27NO5S2. The summed E-state index contributed by atoms with van der Waals surface area (Å²) in [6, 6.07) is 21.4. The SMILES string of the molecule is CC(CS(C)(=O)=O)c1cc(-c2cccc(CC(=O)c3ccc(S(C)(=O)=O)cc3)c2)c2ncccc2c1. The third-order valence-corrected chi connectivity index (χ3v) is 8.29. The van der Waals surface area contributed by atoms with Gasteiger partial charge in [-0.15, -0.1) is 0 Å². The smallest absolute Gasteiger partial charge is 0.175 e. The van der Waals surface area contributed by atoms with Gasteiger partial charge in [-0.1, -0.05) is 49.4 Å². The number of pyridine rings is 1. The van der Waals surface area contributed by atoms with Crippen molar-refractivity contribution in [3.05, 3.63) is 95.7 Å². The Labute approximate surface area is 211 Å². The van der Waals surface area contributed by atoms with Crippen molar-refractivity contribution in [2.45, 2.75) is 24.2 Å². The van der Waals surface area contributed by atoms with E-state index >= 15 is 0 Å². The summed E-state index contributed by atoms with van der Waals surface area (Å²) in [5.74, 6) is -0.265. The highest BCUT2D eigenvalue weighted by Crippen LogP contribution is 2.32. The standard InChI is InChI=1S/C28H27NO5S2/c1-19(18-35(2,31)32)24-16-23-8-5-13-29-28(23)26(17-24)22-7-4-6-20(14-22)15-27(30)21-9-11-25(12-10-21)36(3,33)34/h4-14,16-17,19H,15,18H2,1-3H3. The third kappa shape index (κ3) is 6.06. The lowest BCUT2D eigenvalue weighted by molar-refractivity contribution is 0.0993. The fraction of sp³-hybridized carbons (Fsp3) is 0.214. The predicted molar refractivity (Wildman–Crippen MR) is 143 cm³/mol. The quantitative estimate of drug-likeness (QED) is 0.307. The maximum Gasteiger partial charge on any atom is 0.175 e. The molecule has 8 heteroatoms. The second kappa shape index (κ2) is 9.95. The van der Waals surface area contributed by atoms with E-state index in [-0.39, 0.29) is 28.8 Å². The number of carbonyl (C=O) groups excluding carboxylic acids is 1. The van der Waals surface area contributed by atoms with E-state index in [2.05, 4.69) is 4.98 Å². The van der Waals surface area contributed by atoms with Crippen molar-refractivity contribution in [3.63, 3.8) is 0 Å². The molecule has 4 aromatic rings. The van der Waals surface area contributed by atoms with E-state index in [9.17, 15) is 21.6 Å². The Kier molecular flexibility index (Phi) is 7.11. The van der Waals surface area contributed by atoms with Crippen LogP contribution in [-0.2, 0) is 26.1 Å². The molecule has 186 valence electrons. The fourth-order valence-corrected chi connectivity index (χ4v) is 6.03. The Morgan fingerprint density at radius 3 is 2.28 bits per heavy atom. The first-order chi connectivity index (χ1) is 16.9. The number of hydrogen-bond acceptors (Lipinski definition) is 6. The molecule has 0 bridgehead atoms. The Morgan fingerprint density at radius 2 is 1.61 bits per heavy atom. The zero-order chi connectivity index (χ0) is 26.1. The minimum Gasteiger partial charge on any atom is -0.294 e. The van der Waals surface area contributed by atoms with Crippen molar-refractivity contribution in [1.82, 2.24) is 4.98 Å². The summed E-state index contributed by atoms with van der Waals surface area (Å²) >= 11 is 0. The first kappa shape index (κ1) is 25.7. The average Bonchev–Trinajstić information content (AvgIpc) is 2.82. The van der Waals surface area contributed by atoms with E-state index < -0.39 is 19.7 Å². The summed E-state index contributed by atoms with van der Waals surface area (Å²) in [4.78, 5) is 17.6. The van der Waals surface area contributed by atoms with Crippen molar-refractivity contribution in [2.24, 2.45) is 0 Å². The Morgan fingerprint density at radius 1 is 0.889 bits per heavy atom. The van der Waals surface area contributed by atoms with Crippen LogP contribution in [0.15, 0.2) is 83.9 Å². The third-order valence-electron chi connectivity index (χ3n) is 6.06. The van der Waals surface area contributed by atoms with Gasteiger partial charge in [0.2, 0.25) is 0 Å². The summed E-state index contributed by atoms with van der Waals surface area (Å²) < 4.78 is 47.2. The number of fused-ring (bicyclic) bond motifs is 1. The lowest BCUT2D eigenvalue weighted by atomic mass is 9.92. The van der Waals surface area contributed by atoms with Gasteiger partial charge in [0.15, 0.2) is 15.6 Å². The molecule has 1 heterocycles. The van der Waals surface area contributed by atoms with Gasteiger partial charge in [0.05, 0.1) is 16.2 Å². The van der Waals surface area contributed by atoms with E-state index in [0.29, 0.717) is 5.56 Å². The van der Waals surface area contributed by atoms with Crippen LogP contribution in [0.3, 0.4) is 0 Å². The van der Waals surface area contributed by atoms with Crippen LogP contribution < -0.4 is 0 Å². The molecule has 0 fully saturated rings. The normalized spacial score (nSPS) is 13.0. The second-order valence-electron chi connectivity index (χ2n) is 9.23. The summed E-state index contributed by atoms with van der Waals surface area (Å²) in [5.41, 5.74) is 4.70. The van der Waals surface area contributed by atoms with Gasteiger partial charge in [-0.05, 0) is 52.9 Å². The first-order valence-corrected chi connectivity index (χ1v) is 15.3. The maximum absolute atomic E-state index is 12.9. The van der Waals surface area contributed by atoms with Crippen LogP contribution in [0.1, 0.15) is 34.3 Å². The first-order valence-electron chi connectivity index (χ1n) is 11.4. The highest BCUT2D eigenvalue weighted by atomic mass is 32.2. The molecule has 0 amide bonds. The van der Waals surface area contributed by atoms with Gasteiger partial charge in [0.1, 0.15) is 9.84 Å². The van der Waals surface area contributed by atoms with Crippen molar-refractivity contribution in [3.8, 4) is 11.1 Å². The number of sulfone groups is 2. The lowest BCUT2D eigenvalue weighted by Gasteiger charge is -2.15. The van der Waals surface area contributed by atoms with Crippen LogP contribution in [0.25, 0.3) is 22.0 Å². The molecule has 0 saturated heterocycles. The molecule has 3 aromatic carbocycles. The van der Waals surface area contributed by atoms with E-state index in [1.807, 2.05) is 55.5 Å². The van der Waals surface area contributed by atoms with E-state index in [0.717, 1.165) is 39.4 Å². The number of rotatable bonds is 8. The zero-order valence-electron chi connectivity index (χ0n) is 20.3. The number of carbonyl (C=O) groups is 1. The lowest BCUT2D eigenvalue weighted by Crippen LogP contribution is -2.10. The molecule has 0 N–H and O–H groups in total. The van der Waals surface area contributed by atoms with Gasteiger partial charge >= 0.3 is 0 Å². The average molecular weight is 522 g/mol. The van der Waals surface area contributed by atoms with E-state index in [4.69, 9.17) is 0 Å². The number of benzene rings is 3. The van der Waals surface area contributed by atoms with Crippen LogP contribution in [-0.4, -0.2) is 45.9 Å². The van der Waals surface area contributed by atoms with Gasteiger partial charge in [-0.2, -0.15) is 0 Å². The molecule has 4 rings (SSSR count). The molecule has 36 heavy (non-hydrogen) atoms. The highest BCUT2D eigenvalue weighted by molar-refractivity contribution is 7.91. The van der Waals surface area contributed by atoms with Crippen molar-refractivity contribution in [2.75, 3.05) is 18.3 Å². The summed E-state index contributed by atoms with van der Waals surface area (Å²) in [6.07, 6.45) is 4.24. The Bertz CT molecular complexity index is 1660. The highest BCUT2D eigenvalue weighted by Gasteiger charge is 2.17. The molecule has 1 unspecified atom stereocenters.